The fraction of sp³-hybridized carbons (Fsp3) is 1.00. The molecule has 0 aliphatic carbocycles. The maximum absolute atomic E-state index is 5.48. The molecule has 0 aromatic heterocycles. The van der Waals surface area contributed by atoms with E-state index in [2.05, 4.69) is 0 Å². The molecule has 1 rings (SSSR count). The second-order valence-electron chi connectivity index (χ2n) is 1.84. The van der Waals surface area contributed by atoms with Gasteiger partial charge in [0.2, 0.25) is 0 Å². The first-order chi connectivity index (χ1) is 3.22. The highest BCUT2D eigenvalue weighted by atomic mass is 35.5. The minimum Gasteiger partial charge on any atom is -0.336 e. The molecule has 0 bridgehead atoms. The highest BCUT2D eigenvalue weighted by Gasteiger charge is 2.38. The molecular formula is C4H8ClNO. The fourth-order valence-corrected chi connectivity index (χ4v) is 0.775. The maximum atomic E-state index is 5.48. The lowest BCUT2D eigenvalue weighted by atomic mass is 10.7. The molecule has 0 spiro atoms. The number of nitrogens with zero attached hydrogens (tertiary/aromatic N) is 1. The standard InChI is InChI=1S/C4H8ClNO/c1-6(2)4-3(5)7-4/h3-4H,1-2H3. The van der Waals surface area contributed by atoms with Gasteiger partial charge in [0, 0.05) is 0 Å². The van der Waals surface area contributed by atoms with Crippen LogP contribution in [0.5, 0.6) is 0 Å². The number of epoxide rings is 1. The van der Waals surface area contributed by atoms with Crippen LogP contribution < -0.4 is 0 Å². The van der Waals surface area contributed by atoms with Gasteiger partial charge < -0.3 is 4.74 Å². The Labute approximate surface area is 48.0 Å². The Hall–Kier alpha value is 0.210. The molecule has 7 heavy (non-hydrogen) atoms. The lowest BCUT2D eigenvalue weighted by Gasteiger charge is -2.00. The van der Waals surface area contributed by atoms with Crippen LogP contribution in [0.15, 0.2) is 0 Å². The molecule has 0 radical (unpaired) electrons. The molecule has 2 nitrogen and oxygen atoms in total. The monoisotopic (exact) mass is 121 g/mol. The largest absolute Gasteiger partial charge is 0.336 e. The Morgan fingerprint density at radius 2 is 2.00 bits per heavy atom. The molecular weight excluding hydrogens is 114 g/mol. The summed E-state index contributed by atoms with van der Waals surface area (Å²) in [4.78, 5) is 1.94. The molecule has 1 aliphatic rings. The molecule has 0 amide bonds. The van der Waals surface area contributed by atoms with E-state index in [9.17, 15) is 0 Å². The van der Waals surface area contributed by atoms with Crippen molar-refractivity contribution in [3.8, 4) is 0 Å². The Morgan fingerprint density at radius 1 is 1.57 bits per heavy atom. The van der Waals surface area contributed by atoms with Gasteiger partial charge in [-0.2, -0.15) is 0 Å². The van der Waals surface area contributed by atoms with Crippen LogP contribution in [0.1, 0.15) is 0 Å². The van der Waals surface area contributed by atoms with Crippen molar-refractivity contribution in [3.05, 3.63) is 0 Å². The molecule has 1 saturated heterocycles. The molecule has 42 valence electrons. The van der Waals surface area contributed by atoms with Gasteiger partial charge in [0.1, 0.15) is 0 Å². The summed E-state index contributed by atoms with van der Waals surface area (Å²) in [6.45, 7) is 0. The molecule has 1 fully saturated rings. The summed E-state index contributed by atoms with van der Waals surface area (Å²) < 4.78 is 4.87. The van der Waals surface area contributed by atoms with E-state index in [1.54, 1.807) is 0 Å². The summed E-state index contributed by atoms with van der Waals surface area (Å²) in [6, 6.07) is 0. The van der Waals surface area contributed by atoms with Gasteiger partial charge in [0.25, 0.3) is 0 Å². The number of hydrogen-bond donors (Lipinski definition) is 0. The van der Waals surface area contributed by atoms with Crippen molar-refractivity contribution in [3.63, 3.8) is 0 Å². The van der Waals surface area contributed by atoms with Crippen molar-refractivity contribution >= 4 is 11.6 Å². The first-order valence-electron chi connectivity index (χ1n) is 2.18. The molecule has 0 N–H and O–H groups in total. The third kappa shape index (κ3) is 1.06. The zero-order chi connectivity index (χ0) is 5.44. The van der Waals surface area contributed by atoms with E-state index in [0.717, 1.165) is 0 Å². The van der Waals surface area contributed by atoms with Crippen LogP contribution in [0.4, 0.5) is 0 Å². The number of halogens is 1. The van der Waals surface area contributed by atoms with Crippen LogP contribution in [0.3, 0.4) is 0 Å². The van der Waals surface area contributed by atoms with E-state index in [1.807, 2.05) is 19.0 Å². The summed E-state index contributed by atoms with van der Waals surface area (Å²) in [7, 11) is 3.88. The van der Waals surface area contributed by atoms with Crippen molar-refractivity contribution in [2.75, 3.05) is 14.1 Å². The van der Waals surface area contributed by atoms with E-state index in [0.29, 0.717) is 0 Å². The van der Waals surface area contributed by atoms with E-state index in [-0.39, 0.29) is 11.8 Å². The first kappa shape index (κ1) is 5.35. The summed E-state index contributed by atoms with van der Waals surface area (Å²) in [5.74, 6) is 0. The second-order valence-corrected chi connectivity index (χ2v) is 2.27. The summed E-state index contributed by atoms with van der Waals surface area (Å²) in [6.07, 6.45) is 0.168. The summed E-state index contributed by atoms with van der Waals surface area (Å²) in [5, 5.41) is 0. The zero-order valence-electron chi connectivity index (χ0n) is 4.39. The van der Waals surface area contributed by atoms with Gasteiger partial charge in [-0.05, 0) is 14.1 Å². The highest BCUT2D eigenvalue weighted by molar-refractivity contribution is 6.21. The van der Waals surface area contributed by atoms with Gasteiger partial charge in [0.15, 0.2) is 11.8 Å². The van der Waals surface area contributed by atoms with Crippen molar-refractivity contribution in [2.24, 2.45) is 0 Å². The number of alkyl halides is 1. The third-order valence-corrected chi connectivity index (χ3v) is 1.24. The van der Waals surface area contributed by atoms with Crippen LogP contribution >= 0.6 is 11.6 Å². The molecule has 0 aromatic rings. The average molecular weight is 122 g/mol. The normalized spacial score (nSPS) is 39.4. The second kappa shape index (κ2) is 1.62. The van der Waals surface area contributed by atoms with E-state index in [1.165, 1.54) is 0 Å². The predicted octanol–water partition coefficient (Wildman–Crippen LogP) is 0.469. The number of hydrogen-bond acceptors (Lipinski definition) is 2. The third-order valence-electron chi connectivity index (χ3n) is 0.926. The average Bonchev–Trinajstić information content (AvgIpc) is 2.17. The molecule has 0 saturated carbocycles. The number of rotatable bonds is 1. The summed E-state index contributed by atoms with van der Waals surface area (Å²) >= 11 is 5.48. The predicted molar refractivity (Wildman–Crippen MR) is 28.2 cm³/mol. The number of ether oxygens (including phenoxy) is 1. The fourth-order valence-electron chi connectivity index (χ4n) is 0.444. The van der Waals surface area contributed by atoms with Gasteiger partial charge in [-0.15, -0.1) is 0 Å². The molecule has 3 heteroatoms. The lowest BCUT2D eigenvalue weighted by molar-refractivity contribution is 0.247. The quantitative estimate of drug-likeness (QED) is 0.370. The van der Waals surface area contributed by atoms with Gasteiger partial charge in [-0.3, -0.25) is 4.90 Å². The first-order valence-corrected chi connectivity index (χ1v) is 2.61. The minimum atomic E-state index is -0.0602. The van der Waals surface area contributed by atoms with E-state index >= 15 is 0 Å². The number of likely N-dealkylation sites (N-methyl/N-ethyl adjacent to an activating group) is 1. The van der Waals surface area contributed by atoms with Crippen LogP contribution in [-0.2, 0) is 4.74 Å². The van der Waals surface area contributed by atoms with E-state index in [4.69, 9.17) is 16.3 Å². The van der Waals surface area contributed by atoms with Crippen molar-refractivity contribution in [1.82, 2.24) is 4.90 Å². The highest BCUT2D eigenvalue weighted by Crippen LogP contribution is 2.26. The SMILES string of the molecule is CN(C)C1OC1Cl. The maximum Gasteiger partial charge on any atom is 0.172 e. The smallest absolute Gasteiger partial charge is 0.172 e. The van der Waals surface area contributed by atoms with E-state index < -0.39 is 0 Å². The topological polar surface area (TPSA) is 15.8 Å². The van der Waals surface area contributed by atoms with Crippen LogP contribution in [0.2, 0.25) is 0 Å². The van der Waals surface area contributed by atoms with Crippen LogP contribution in [-0.4, -0.2) is 30.8 Å². The van der Waals surface area contributed by atoms with Crippen LogP contribution in [0, 0.1) is 0 Å². The minimum absolute atomic E-state index is 0.0602. The molecule has 2 unspecified atom stereocenters. The summed E-state index contributed by atoms with van der Waals surface area (Å²) in [5.41, 5.74) is -0.0602. The Bertz CT molecular complexity index is 76.1. The zero-order valence-corrected chi connectivity index (χ0v) is 5.14. The van der Waals surface area contributed by atoms with Crippen molar-refractivity contribution in [1.29, 1.82) is 0 Å². The molecule has 1 aliphatic heterocycles. The van der Waals surface area contributed by atoms with Crippen LogP contribution in [0.25, 0.3) is 0 Å². The molecule has 0 aromatic carbocycles. The molecule has 2 atom stereocenters. The van der Waals surface area contributed by atoms with Crippen molar-refractivity contribution < 1.29 is 4.74 Å². The van der Waals surface area contributed by atoms with Crippen molar-refractivity contribution in [2.45, 2.75) is 11.8 Å². The van der Waals surface area contributed by atoms with Gasteiger partial charge >= 0.3 is 0 Å². The van der Waals surface area contributed by atoms with Gasteiger partial charge in [-0.25, -0.2) is 0 Å². The molecule has 1 heterocycles. The van der Waals surface area contributed by atoms with Gasteiger partial charge in [0.05, 0.1) is 0 Å². The Morgan fingerprint density at radius 3 is 2.00 bits per heavy atom. The Balaban J connectivity index is 2.20. The Kier molecular flexibility index (Phi) is 1.24. The van der Waals surface area contributed by atoms with Gasteiger partial charge in [-0.1, -0.05) is 11.6 Å². The lowest BCUT2D eigenvalue weighted by Crippen LogP contribution is -2.16.